The van der Waals surface area contributed by atoms with Crippen molar-refractivity contribution in [3.05, 3.63) is 40.4 Å². The minimum Gasteiger partial charge on any atom is -0.466 e. The van der Waals surface area contributed by atoms with E-state index in [4.69, 9.17) is 16.3 Å². The van der Waals surface area contributed by atoms with Gasteiger partial charge in [-0.1, -0.05) is 55.7 Å². The maximum absolute atomic E-state index is 11.8. The fourth-order valence-corrected chi connectivity index (χ4v) is 2.88. The molecule has 1 aromatic carbocycles. The molecule has 0 aromatic heterocycles. The molecule has 0 fully saturated rings. The first-order valence-corrected chi connectivity index (χ1v) is 9.40. The maximum atomic E-state index is 11.8. The largest absolute Gasteiger partial charge is 0.466 e. The molecule has 134 valence electrons. The Morgan fingerprint density at radius 1 is 1.25 bits per heavy atom. The summed E-state index contributed by atoms with van der Waals surface area (Å²) in [6.45, 7) is 8.38. The van der Waals surface area contributed by atoms with Gasteiger partial charge in [-0.3, -0.25) is 4.79 Å². The second-order valence-corrected chi connectivity index (χ2v) is 7.27. The Labute approximate surface area is 152 Å². The second-order valence-electron chi connectivity index (χ2n) is 6.86. The molecular formula is C21H31ClO2. The lowest BCUT2D eigenvalue weighted by Crippen LogP contribution is -2.26. The Morgan fingerprint density at radius 3 is 2.62 bits per heavy atom. The van der Waals surface area contributed by atoms with Crippen molar-refractivity contribution in [3.63, 3.8) is 0 Å². The van der Waals surface area contributed by atoms with E-state index in [1.807, 2.05) is 20.8 Å². The lowest BCUT2D eigenvalue weighted by Gasteiger charge is -2.21. The number of carbonyl (C=O) groups is 1. The molecule has 0 atom stereocenters. The molecule has 1 rings (SSSR count). The van der Waals surface area contributed by atoms with Gasteiger partial charge < -0.3 is 4.74 Å². The zero-order valence-electron chi connectivity index (χ0n) is 15.5. The number of benzene rings is 1. The Bertz CT molecular complexity index is 547. The molecule has 2 nitrogen and oxygen atoms in total. The minimum absolute atomic E-state index is 0.0977. The van der Waals surface area contributed by atoms with E-state index < -0.39 is 5.41 Å². The van der Waals surface area contributed by atoms with E-state index in [0.717, 1.165) is 49.1 Å². The van der Waals surface area contributed by atoms with Gasteiger partial charge in [-0.05, 0) is 63.6 Å². The van der Waals surface area contributed by atoms with Gasteiger partial charge in [0.2, 0.25) is 0 Å². The summed E-state index contributed by atoms with van der Waals surface area (Å²) in [7, 11) is 0. The molecule has 0 amide bonds. The van der Waals surface area contributed by atoms with E-state index in [9.17, 15) is 4.79 Å². The van der Waals surface area contributed by atoms with Gasteiger partial charge in [0, 0.05) is 5.02 Å². The van der Waals surface area contributed by atoms with Crippen molar-refractivity contribution in [1.82, 2.24) is 0 Å². The molecule has 0 heterocycles. The van der Waals surface area contributed by atoms with E-state index in [-0.39, 0.29) is 5.97 Å². The highest BCUT2D eigenvalue weighted by Crippen LogP contribution is 2.26. The van der Waals surface area contributed by atoms with Crippen molar-refractivity contribution in [2.45, 2.75) is 66.2 Å². The van der Waals surface area contributed by atoms with Gasteiger partial charge in [0.15, 0.2) is 0 Å². The fraction of sp³-hybridized carbons (Fsp3) is 0.571. The molecule has 3 heteroatoms. The van der Waals surface area contributed by atoms with Crippen LogP contribution in [0.4, 0.5) is 0 Å². The van der Waals surface area contributed by atoms with Crippen LogP contribution in [0.1, 0.15) is 70.9 Å². The molecule has 0 saturated carbocycles. The van der Waals surface area contributed by atoms with Crippen LogP contribution in [0.15, 0.2) is 24.3 Å². The van der Waals surface area contributed by atoms with E-state index >= 15 is 0 Å². The summed E-state index contributed by atoms with van der Waals surface area (Å²) in [4.78, 5) is 11.8. The number of allylic oxidation sites excluding steroid dienone is 1. The molecule has 0 radical (unpaired) electrons. The van der Waals surface area contributed by atoms with Crippen LogP contribution < -0.4 is 0 Å². The molecule has 0 aliphatic rings. The lowest BCUT2D eigenvalue weighted by atomic mass is 9.87. The number of hydrogen-bond donors (Lipinski definition) is 0. The van der Waals surface area contributed by atoms with Gasteiger partial charge in [0.1, 0.15) is 0 Å². The van der Waals surface area contributed by atoms with Crippen molar-refractivity contribution in [2.75, 3.05) is 6.61 Å². The summed E-state index contributed by atoms with van der Waals surface area (Å²) in [5, 5.41) is 0.820. The first-order valence-electron chi connectivity index (χ1n) is 9.03. The summed E-state index contributed by atoms with van der Waals surface area (Å²) in [6, 6.07) is 6.30. The fourth-order valence-electron chi connectivity index (χ4n) is 2.62. The highest BCUT2D eigenvalue weighted by molar-refractivity contribution is 6.32. The zero-order valence-corrected chi connectivity index (χ0v) is 16.3. The van der Waals surface area contributed by atoms with Crippen LogP contribution in [-0.4, -0.2) is 12.6 Å². The molecule has 0 N–H and O–H groups in total. The van der Waals surface area contributed by atoms with Crippen molar-refractivity contribution >= 4 is 23.6 Å². The van der Waals surface area contributed by atoms with Gasteiger partial charge in [-0.25, -0.2) is 0 Å². The van der Waals surface area contributed by atoms with Gasteiger partial charge in [-0.15, -0.1) is 0 Å². The minimum atomic E-state index is -0.391. The van der Waals surface area contributed by atoms with Crippen LogP contribution in [0.25, 0.3) is 6.08 Å². The van der Waals surface area contributed by atoms with Crippen molar-refractivity contribution in [1.29, 1.82) is 0 Å². The topological polar surface area (TPSA) is 26.3 Å². The van der Waals surface area contributed by atoms with Crippen molar-refractivity contribution < 1.29 is 9.53 Å². The average Bonchev–Trinajstić information content (AvgIpc) is 2.53. The molecule has 0 aliphatic carbocycles. The SMILES string of the molecule is CCCc1ccc(/C=C/CCCCC(C)(C)C(=O)OCC)c(Cl)c1. The van der Waals surface area contributed by atoms with E-state index in [1.54, 1.807) is 0 Å². The number of aryl methyl sites for hydroxylation is 1. The number of ether oxygens (including phenoxy) is 1. The van der Waals surface area contributed by atoms with Crippen LogP contribution in [0.5, 0.6) is 0 Å². The molecular weight excluding hydrogens is 320 g/mol. The van der Waals surface area contributed by atoms with Crippen LogP contribution in [0, 0.1) is 5.41 Å². The highest BCUT2D eigenvalue weighted by Gasteiger charge is 2.28. The van der Waals surface area contributed by atoms with Gasteiger partial charge in [0.25, 0.3) is 0 Å². The van der Waals surface area contributed by atoms with Crippen molar-refractivity contribution in [3.8, 4) is 0 Å². The first kappa shape index (κ1) is 20.8. The Kier molecular flexibility index (Phi) is 9.13. The van der Waals surface area contributed by atoms with E-state index in [0.29, 0.717) is 6.61 Å². The molecule has 0 spiro atoms. The zero-order chi connectivity index (χ0) is 18.0. The van der Waals surface area contributed by atoms with Crippen LogP contribution in [0.3, 0.4) is 0 Å². The Balaban J connectivity index is 2.37. The third kappa shape index (κ3) is 7.09. The van der Waals surface area contributed by atoms with Crippen LogP contribution >= 0.6 is 11.6 Å². The standard InChI is InChI=1S/C21H31ClO2/c1-5-11-17-13-14-18(19(22)16-17)12-9-7-8-10-15-21(3,4)20(23)24-6-2/h9,12-14,16H,5-8,10-11,15H2,1-4H3/b12-9+. The van der Waals surface area contributed by atoms with Gasteiger partial charge in [0.05, 0.1) is 12.0 Å². The van der Waals surface area contributed by atoms with E-state index in [1.165, 1.54) is 5.56 Å². The summed E-state index contributed by atoms with van der Waals surface area (Å²) in [5.74, 6) is -0.0977. The smallest absolute Gasteiger partial charge is 0.311 e. The number of hydrogen-bond acceptors (Lipinski definition) is 2. The van der Waals surface area contributed by atoms with Crippen LogP contribution in [-0.2, 0) is 16.0 Å². The predicted octanol–water partition coefficient (Wildman–Crippen LogP) is 6.46. The average molecular weight is 351 g/mol. The summed E-state index contributed by atoms with van der Waals surface area (Å²) in [6.07, 6.45) is 10.4. The highest BCUT2D eigenvalue weighted by atomic mass is 35.5. The maximum Gasteiger partial charge on any atom is 0.311 e. The normalized spacial score (nSPS) is 11.9. The van der Waals surface area contributed by atoms with Gasteiger partial charge >= 0.3 is 5.97 Å². The first-order chi connectivity index (χ1) is 11.4. The molecule has 24 heavy (non-hydrogen) atoms. The Morgan fingerprint density at radius 2 is 2.00 bits per heavy atom. The second kappa shape index (κ2) is 10.6. The monoisotopic (exact) mass is 350 g/mol. The molecule has 0 bridgehead atoms. The third-order valence-corrected chi connectivity index (χ3v) is 4.48. The molecule has 0 unspecified atom stereocenters. The molecule has 1 aromatic rings. The summed E-state index contributed by atoms with van der Waals surface area (Å²) in [5.41, 5.74) is 1.97. The number of carbonyl (C=O) groups excluding carboxylic acids is 1. The van der Waals surface area contributed by atoms with Crippen molar-refractivity contribution in [2.24, 2.45) is 5.41 Å². The quantitative estimate of drug-likeness (QED) is 0.357. The molecule has 0 saturated heterocycles. The number of unbranched alkanes of at least 4 members (excludes halogenated alkanes) is 2. The van der Waals surface area contributed by atoms with Gasteiger partial charge in [-0.2, -0.15) is 0 Å². The summed E-state index contributed by atoms with van der Waals surface area (Å²) >= 11 is 6.33. The Hall–Kier alpha value is -1.28. The molecule has 0 aliphatic heterocycles. The van der Waals surface area contributed by atoms with E-state index in [2.05, 4.69) is 37.3 Å². The predicted molar refractivity (Wildman–Crippen MR) is 103 cm³/mol. The number of esters is 1. The number of rotatable bonds is 10. The number of halogens is 1. The third-order valence-electron chi connectivity index (χ3n) is 4.15. The summed E-state index contributed by atoms with van der Waals surface area (Å²) < 4.78 is 5.12. The van der Waals surface area contributed by atoms with Crippen LogP contribution in [0.2, 0.25) is 5.02 Å². The lowest BCUT2D eigenvalue weighted by molar-refractivity contribution is -0.153.